The molecule has 0 bridgehead atoms. The zero-order chi connectivity index (χ0) is 20.1. The second-order valence-corrected chi connectivity index (χ2v) is 7.65. The van der Waals surface area contributed by atoms with Crippen molar-refractivity contribution >= 4 is 23.2 Å². The molecule has 1 N–H and O–H groups in total. The van der Waals surface area contributed by atoms with E-state index in [2.05, 4.69) is 32.5 Å². The molecule has 0 aliphatic carbocycles. The Morgan fingerprint density at radius 3 is 2.67 bits per heavy atom. The lowest BCUT2D eigenvalue weighted by atomic mass is 9.85. The van der Waals surface area contributed by atoms with Gasteiger partial charge >= 0.3 is 0 Å². The van der Waals surface area contributed by atoms with E-state index in [1.165, 1.54) is 0 Å². The Morgan fingerprint density at radius 2 is 1.83 bits per heavy atom. The summed E-state index contributed by atoms with van der Waals surface area (Å²) in [6, 6.07) is 19.6. The zero-order valence-electron chi connectivity index (χ0n) is 15.7. The van der Waals surface area contributed by atoms with Crippen LogP contribution in [-0.2, 0) is 0 Å². The minimum Gasteiger partial charge on any atom is -0.480 e. The van der Waals surface area contributed by atoms with Crippen LogP contribution in [0.3, 0.4) is 0 Å². The Hall–Kier alpha value is -3.64. The molecular weight excluding hydrogens is 398 g/mol. The second-order valence-electron chi connectivity index (χ2n) is 7.22. The topological polar surface area (TPSA) is 64.9 Å². The average Bonchev–Trinajstić information content (AvgIpc) is 3.26. The van der Waals surface area contributed by atoms with Crippen LogP contribution < -0.4 is 10.1 Å². The molecule has 2 unspecified atom stereocenters. The maximum Gasteiger partial charge on any atom is 0.226 e. The Balaban J connectivity index is 1.63. The van der Waals surface area contributed by atoms with E-state index in [1.807, 2.05) is 59.4 Å². The number of hydrogen-bond acceptors (Lipinski definition) is 5. The van der Waals surface area contributed by atoms with Crippen molar-refractivity contribution in [3.8, 4) is 5.75 Å². The van der Waals surface area contributed by atoms with Crippen molar-refractivity contribution in [2.24, 2.45) is 0 Å². The van der Waals surface area contributed by atoms with Crippen molar-refractivity contribution in [1.82, 2.24) is 19.7 Å². The Morgan fingerprint density at radius 1 is 0.967 bits per heavy atom. The molecule has 0 saturated carbocycles. The van der Waals surface area contributed by atoms with Gasteiger partial charge in [-0.05, 0) is 41.5 Å². The van der Waals surface area contributed by atoms with Gasteiger partial charge in [0.25, 0.3) is 0 Å². The third-order valence-electron chi connectivity index (χ3n) is 5.49. The minimum atomic E-state index is -0.317. The SMILES string of the molecule is Clc1ccc(C2Oc3ccccc3C3=C2C(c2cccnc2)n2ncnc2N3)cc1. The van der Waals surface area contributed by atoms with E-state index in [1.54, 1.807) is 12.5 Å². The Kier molecular flexibility index (Phi) is 3.86. The quantitative estimate of drug-likeness (QED) is 0.507. The molecule has 2 aromatic carbocycles. The van der Waals surface area contributed by atoms with Crippen molar-refractivity contribution in [2.45, 2.75) is 12.1 Å². The first-order valence-electron chi connectivity index (χ1n) is 9.61. The first-order chi connectivity index (χ1) is 14.8. The van der Waals surface area contributed by atoms with E-state index >= 15 is 0 Å². The summed E-state index contributed by atoms with van der Waals surface area (Å²) in [7, 11) is 0. The van der Waals surface area contributed by atoms with Gasteiger partial charge in [0.2, 0.25) is 5.95 Å². The molecule has 2 aromatic heterocycles. The number of rotatable bonds is 2. The Bertz CT molecular complexity index is 1270. The van der Waals surface area contributed by atoms with Crippen LogP contribution in [0.1, 0.15) is 28.8 Å². The number of halogens is 1. The lowest BCUT2D eigenvalue weighted by Gasteiger charge is -2.38. The van der Waals surface area contributed by atoms with Crippen molar-refractivity contribution in [1.29, 1.82) is 0 Å². The summed E-state index contributed by atoms with van der Waals surface area (Å²) in [5.74, 6) is 1.51. The van der Waals surface area contributed by atoms with Gasteiger partial charge in [0.15, 0.2) is 0 Å². The largest absolute Gasteiger partial charge is 0.480 e. The second kappa shape index (κ2) is 6.71. The van der Waals surface area contributed by atoms with Crippen LogP contribution in [0.15, 0.2) is 85.0 Å². The molecule has 2 aliphatic rings. The lowest BCUT2D eigenvalue weighted by molar-refractivity contribution is 0.223. The molecule has 2 atom stereocenters. The first kappa shape index (κ1) is 17.2. The van der Waals surface area contributed by atoms with E-state index in [4.69, 9.17) is 16.3 Å². The number of ether oxygens (including phenoxy) is 1. The maximum absolute atomic E-state index is 6.55. The molecule has 0 fully saturated rings. The van der Waals surface area contributed by atoms with Gasteiger partial charge in [0.05, 0.1) is 5.70 Å². The number of aromatic nitrogens is 4. The summed E-state index contributed by atoms with van der Waals surface area (Å²) in [6.07, 6.45) is 4.88. The van der Waals surface area contributed by atoms with Crippen molar-refractivity contribution < 1.29 is 4.74 Å². The van der Waals surface area contributed by atoms with Crippen molar-refractivity contribution in [2.75, 3.05) is 5.32 Å². The van der Waals surface area contributed by atoms with E-state index in [0.717, 1.165) is 33.7 Å². The standard InChI is InChI=1S/C23H16ClN5O/c24-16-9-7-14(8-10-16)22-19-20(17-5-1-2-6-18(17)30-22)28-23-26-13-27-29(23)21(19)15-4-3-11-25-12-15/h1-13,21-22H,(H,26,27,28). The van der Waals surface area contributed by atoms with Crippen LogP contribution in [-0.4, -0.2) is 19.7 Å². The summed E-state index contributed by atoms with van der Waals surface area (Å²) in [5, 5.41) is 8.68. The number of benzene rings is 2. The van der Waals surface area contributed by atoms with Crippen LogP contribution in [0.2, 0.25) is 5.02 Å². The fourth-order valence-corrected chi connectivity index (χ4v) is 4.31. The highest BCUT2D eigenvalue weighted by Gasteiger charge is 2.40. The van der Waals surface area contributed by atoms with E-state index in [-0.39, 0.29) is 12.1 Å². The van der Waals surface area contributed by atoms with Crippen LogP contribution in [0.5, 0.6) is 5.75 Å². The average molecular weight is 414 g/mol. The highest BCUT2D eigenvalue weighted by atomic mass is 35.5. The molecule has 6 rings (SSSR count). The zero-order valence-corrected chi connectivity index (χ0v) is 16.5. The summed E-state index contributed by atoms with van der Waals surface area (Å²) in [5.41, 5.74) is 5.08. The van der Waals surface area contributed by atoms with Gasteiger partial charge in [0, 0.05) is 28.6 Å². The van der Waals surface area contributed by atoms with Gasteiger partial charge < -0.3 is 10.1 Å². The maximum atomic E-state index is 6.55. The normalized spacial score (nSPS) is 19.2. The summed E-state index contributed by atoms with van der Waals surface area (Å²) < 4.78 is 8.43. The summed E-state index contributed by atoms with van der Waals surface area (Å²) in [4.78, 5) is 8.78. The predicted octanol–water partition coefficient (Wildman–Crippen LogP) is 4.89. The fraction of sp³-hybridized carbons (Fsp3) is 0.0870. The van der Waals surface area contributed by atoms with Gasteiger partial charge in [-0.15, -0.1) is 0 Å². The molecule has 4 aromatic rings. The highest BCUT2D eigenvalue weighted by molar-refractivity contribution is 6.30. The van der Waals surface area contributed by atoms with E-state index < -0.39 is 0 Å². The number of nitrogens with one attached hydrogen (secondary N) is 1. The molecule has 2 aliphatic heterocycles. The highest BCUT2D eigenvalue weighted by Crippen LogP contribution is 2.50. The number of para-hydroxylation sites is 1. The van der Waals surface area contributed by atoms with Crippen LogP contribution in [0.25, 0.3) is 5.70 Å². The monoisotopic (exact) mass is 413 g/mol. The van der Waals surface area contributed by atoms with Crippen LogP contribution in [0, 0.1) is 0 Å². The summed E-state index contributed by atoms with van der Waals surface area (Å²) in [6.45, 7) is 0. The predicted molar refractivity (Wildman–Crippen MR) is 114 cm³/mol. The number of hydrogen-bond donors (Lipinski definition) is 1. The molecule has 0 amide bonds. The minimum absolute atomic E-state index is 0.207. The van der Waals surface area contributed by atoms with Gasteiger partial charge in [-0.3, -0.25) is 4.98 Å². The van der Waals surface area contributed by atoms with Gasteiger partial charge in [-0.1, -0.05) is 41.9 Å². The van der Waals surface area contributed by atoms with Crippen LogP contribution in [0.4, 0.5) is 5.95 Å². The fourth-order valence-electron chi connectivity index (χ4n) is 4.19. The number of nitrogens with zero attached hydrogens (tertiary/aromatic N) is 4. The Labute approximate surface area is 177 Å². The summed E-state index contributed by atoms with van der Waals surface area (Å²) >= 11 is 6.15. The van der Waals surface area contributed by atoms with Crippen molar-refractivity contribution in [3.05, 3.63) is 107 Å². The lowest BCUT2D eigenvalue weighted by Crippen LogP contribution is -2.32. The van der Waals surface area contributed by atoms with Crippen LogP contribution >= 0.6 is 11.6 Å². The number of fused-ring (bicyclic) bond motifs is 3. The number of pyridine rings is 1. The van der Waals surface area contributed by atoms with Gasteiger partial charge in [-0.25, -0.2) is 4.68 Å². The smallest absolute Gasteiger partial charge is 0.226 e. The van der Waals surface area contributed by atoms with Gasteiger partial charge in [0.1, 0.15) is 24.2 Å². The number of anilines is 1. The molecule has 30 heavy (non-hydrogen) atoms. The first-order valence-corrected chi connectivity index (χ1v) is 9.99. The molecular formula is C23H16ClN5O. The molecule has 6 nitrogen and oxygen atoms in total. The van der Waals surface area contributed by atoms with Crippen molar-refractivity contribution in [3.63, 3.8) is 0 Å². The van der Waals surface area contributed by atoms with Gasteiger partial charge in [-0.2, -0.15) is 10.1 Å². The molecule has 146 valence electrons. The molecule has 0 spiro atoms. The third kappa shape index (κ3) is 2.61. The van der Waals surface area contributed by atoms with E-state index in [0.29, 0.717) is 11.0 Å². The molecule has 0 radical (unpaired) electrons. The molecule has 7 heteroatoms. The third-order valence-corrected chi connectivity index (χ3v) is 5.75. The molecule has 4 heterocycles. The molecule has 0 saturated heterocycles. The van der Waals surface area contributed by atoms with E-state index in [9.17, 15) is 0 Å².